The van der Waals surface area contributed by atoms with E-state index in [-0.39, 0.29) is 17.7 Å². The van der Waals surface area contributed by atoms with Crippen molar-refractivity contribution in [3.8, 4) is 5.75 Å². The van der Waals surface area contributed by atoms with Crippen LogP contribution in [0.1, 0.15) is 53.6 Å². The summed E-state index contributed by atoms with van der Waals surface area (Å²) in [6.07, 6.45) is 6.93. The van der Waals surface area contributed by atoms with Crippen LogP contribution >= 0.6 is 0 Å². The summed E-state index contributed by atoms with van der Waals surface area (Å²) in [4.78, 5) is 25.2. The van der Waals surface area contributed by atoms with E-state index < -0.39 is 0 Å². The van der Waals surface area contributed by atoms with Crippen molar-refractivity contribution < 1.29 is 14.3 Å². The number of benzene rings is 2. The molecule has 1 saturated carbocycles. The van der Waals surface area contributed by atoms with Crippen LogP contribution in [0.5, 0.6) is 5.75 Å². The summed E-state index contributed by atoms with van der Waals surface area (Å²) in [7, 11) is 0. The van der Waals surface area contributed by atoms with Gasteiger partial charge in [-0.1, -0.05) is 37.0 Å². The van der Waals surface area contributed by atoms with E-state index in [9.17, 15) is 9.59 Å². The summed E-state index contributed by atoms with van der Waals surface area (Å²) in [6, 6.07) is 13.1. The summed E-state index contributed by atoms with van der Waals surface area (Å²) >= 11 is 0. The molecule has 1 heterocycles. The largest absolute Gasteiger partial charge is 0.492 e. The zero-order valence-corrected chi connectivity index (χ0v) is 17.6. The molecule has 5 nitrogen and oxygen atoms in total. The van der Waals surface area contributed by atoms with Crippen LogP contribution in [0.25, 0.3) is 0 Å². The number of carbonyl (C=O) groups is 2. The Morgan fingerprint density at radius 3 is 2.57 bits per heavy atom. The molecule has 158 valence electrons. The second kappa shape index (κ2) is 9.33. The zero-order chi connectivity index (χ0) is 20.9. The number of aryl methyl sites for hydroxylation is 1. The summed E-state index contributed by atoms with van der Waals surface area (Å²) in [5.41, 5.74) is 3.41. The Balaban J connectivity index is 1.36. The molecule has 2 aromatic rings. The molecular weight excluding hydrogens is 376 g/mol. The highest BCUT2D eigenvalue weighted by Gasteiger charge is 2.27. The van der Waals surface area contributed by atoms with Gasteiger partial charge in [-0.05, 0) is 68.0 Å². The minimum Gasteiger partial charge on any atom is -0.492 e. The third kappa shape index (κ3) is 5.02. The predicted octanol–water partition coefficient (Wildman–Crippen LogP) is 4.49. The number of hydrogen-bond acceptors (Lipinski definition) is 3. The quantitative estimate of drug-likeness (QED) is 0.769. The van der Waals surface area contributed by atoms with Gasteiger partial charge < -0.3 is 15.4 Å². The van der Waals surface area contributed by atoms with E-state index in [0.29, 0.717) is 30.2 Å². The van der Waals surface area contributed by atoms with Crippen LogP contribution in [0.2, 0.25) is 0 Å². The van der Waals surface area contributed by atoms with Crippen LogP contribution < -0.4 is 15.4 Å². The number of hydrogen-bond donors (Lipinski definition) is 2. The summed E-state index contributed by atoms with van der Waals surface area (Å²) < 4.78 is 5.83. The highest BCUT2D eigenvalue weighted by atomic mass is 16.5. The number of rotatable bonds is 5. The third-order valence-electron chi connectivity index (χ3n) is 6.20. The van der Waals surface area contributed by atoms with Crippen molar-refractivity contribution in [2.75, 3.05) is 18.5 Å². The number of nitrogens with one attached hydrogen (secondary N) is 2. The molecule has 0 radical (unpaired) electrons. The fourth-order valence-electron chi connectivity index (χ4n) is 4.33. The Hall–Kier alpha value is -2.82. The number of amides is 2. The van der Waals surface area contributed by atoms with Crippen molar-refractivity contribution >= 4 is 17.5 Å². The number of carbonyl (C=O) groups excluding carboxylic acids is 2. The van der Waals surface area contributed by atoms with E-state index in [4.69, 9.17) is 4.74 Å². The van der Waals surface area contributed by atoms with Crippen LogP contribution in [0.15, 0.2) is 42.5 Å². The fraction of sp³-hybridized carbons (Fsp3) is 0.440. The van der Waals surface area contributed by atoms with E-state index in [1.165, 1.54) is 32.1 Å². The average molecular weight is 407 g/mol. The molecule has 0 bridgehead atoms. The highest BCUT2D eigenvalue weighted by molar-refractivity contribution is 6.04. The van der Waals surface area contributed by atoms with Crippen LogP contribution in [-0.4, -0.2) is 25.0 Å². The van der Waals surface area contributed by atoms with Gasteiger partial charge in [-0.2, -0.15) is 0 Å². The van der Waals surface area contributed by atoms with Gasteiger partial charge in [-0.25, -0.2) is 0 Å². The maximum Gasteiger partial charge on any atom is 0.255 e. The predicted molar refractivity (Wildman–Crippen MR) is 118 cm³/mol. The Morgan fingerprint density at radius 1 is 1.03 bits per heavy atom. The second-order valence-electron chi connectivity index (χ2n) is 8.60. The van der Waals surface area contributed by atoms with Crippen molar-refractivity contribution in [1.29, 1.82) is 0 Å². The average Bonchev–Trinajstić information content (AvgIpc) is 2.78. The maximum absolute atomic E-state index is 12.7. The second-order valence-corrected chi connectivity index (χ2v) is 8.60. The molecule has 4 rings (SSSR count). The lowest BCUT2D eigenvalue weighted by Gasteiger charge is -2.27. The van der Waals surface area contributed by atoms with Gasteiger partial charge >= 0.3 is 0 Å². The lowest BCUT2D eigenvalue weighted by molar-refractivity contribution is -0.126. The zero-order valence-electron chi connectivity index (χ0n) is 17.6. The van der Waals surface area contributed by atoms with Crippen LogP contribution in [-0.2, 0) is 11.2 Å². The van der Waals surface area contributed by atoms with E-state index >= 15 is 0 Å². The van der Waals surface area contributed by atoms with Gasteiger partial charge in [0.05, 0.1) is 5.92 Å². The Morgan fingerprint density at radius 2 is 1.80 bits per heavy atom. The van der Waals surface area contributed by atoms with Gasteiger partial charge in [0.1, 0.15) is 12.4 Å². The topological polar surface area (TPSA) is 67.4 Å². The highest BCUT2D eigenvalue weighted by Crippen LogP contribution is 2.30. The van der Waals surface area contributed by atoms with Crippen molar-refractivity contribution in [3.63, 3.8) is 0 Å². The smallest absolute Gasteiger partial charge is 0.255 e. The standard InChI is InChI=1S/C25H30N2O3/c1-17-7-9-19(10-8-17)25(29)27-22-11-12-23-20(14-22)13-21(16-30-23)24(28)26-15-18-5-3-2-4-6-18/h7-12,14,18,21H,2-6,13,15-16H2,1H3,(H,26,28)(H,27,29). The van der Waals surface area contributed by atoms with E-state index in [1.807, 2.05) is 49.4 Å². The lowest BCUT2D eigenvalue weighted by Crippen LogP contribution is -2.39. The molecule has 2 N–H and O–H groups in total. The van der Waals surface area contributed by atoms with Gasteiger partial charge in [0.2, 0.25) is 5.91 Å². The van der Waals surface area contributed by atoms with Crippen molar-refractivity contribution in [2.24, 2.45) is 11.8 Å². The molecule has 0 saturated heterocycles. The number of ether oxygens (including phenoxy) is 1. The maximum atomic E-state index is 12.7. The molecule has 0 aromatic heterocycles. The third-order valence-corrected chi connectivity index (χ3v) is 6.20. The first-order chi connectivity index (χ1) is 14.6. The van der Waals surface area contributed by atoms with E-state index in [1.54, 1.807) is 0 Å². The molecule has 30 heavy (non-hydrogen) atoms. The van der Waals surface area contributed by atoms with Gasteiger partial charge in [-0.3, -0.25) is 9.59 Å². The normalized spacial score (nSPS) is 18.8. The summed E-state index contributed by atoms with van der Waals surface area (Å²) in [5.74, 6) is 1.14. The fourth-order valence-corrected chi connectivity index (χ4v) is 4.33. The van der Waals surface area contributed by atoms with Crippen molar-refractivity contribution in [1.82, 2.24) is 5.32 Å². The Kier molecular flexibility index (Phi) is 6.36. The molecular formula is C25H30N2O3. The van der Waals surface area contributed by atoms with Crippen molar-refractivity contribution in [2.45, 2.75) is 45.4 Å². The first kappa shape index (κ1) is 20.5. The monoisotopic (exact) mass is 406 g/mol. The molecule has 5 heteroatoms. The molecule has 1 aliphatic heterocycles. The van der Waals surface area contributed by atoms with Gasteiger partial charge in [0, 0.05) is 17.8 Å². The van der Waals surface area contributed by atoms with Crippen LogP contribution in [0.3, 0.4) is 0 Å². The van der Waals surface area contributed by atoms with E-state index in [2.05, 4.69) is 10.6 Å². The first-order valence-electron chi connectivity index (χ1n) is 11.0. The lowest BCUT2D eigenvalue weighted by atomic mass is 9.89. The Labute approximate surface area is 178 Å². The van der Waals surface area contributed by atoms with Crippen LogP contribution in [0.4, 0.5) is 5.69 Å². The SMILES string of the molecule is Cc1ccc(C(=O)Nc2ccc3c(c2)CC(C(=O)NCC2CCCCC2)CO3)cc1. The molecule has 2 aliphatic rings. The van der Waals surface area contributed by atoms with Gasteiger partial charge in [-0.15, -0.1) is 0 Å². The first-order valence-corrected chi connectivity index (χ1v) is 11.0. The number of anilines is 1. The molecule has 1 unspecified atom stereocenters. The van der Waals surface area contributed by atoms with Crippen molar-refractivity contribution in [3.05, 3.63) is 59.2 Å². The Bertz CT molecular complexity index is 901. The van der Waals surface area contributed by atoms with Crippen LogP contribution in [0, 0.1) is 18.8 Å². The molecule has 1 fully saturated rings. The molecule has 1 aliphatic carbocycles. The molecule has 0 spiro atoms. The minimum atomic E-state index is -0.191. The molecule has 2 amide bonds. The number of fused-ring (bicyclic) bond motifs is 1. The molecule has 1 atom stereocenters. The molecule has 2 aromatic carbocycles. The van der Waals surface area contributed by atoms with Gasteiger partial charge in [0.25, 0.3) is 5.91 Å². The van der Waals surface area contributed by atoms with E-state index in [0.717, 1.165) is 23.4 Å². The van der Waals surface area contributed by atoms with Gasteiger partial charge in [0.15, 0.2) is 0 Å². The summed E-state index contributed by atoms with van der Waals surface area (Å²) in [5, 5.41) is 6.08. The minimum absolute atomic E-state index is 0.0697. The summed E-state index contributed by atoms with van der Waals surface area (Å²) in [6.45, 7) is 3.17.